The maximum absolute atomic E-state index is 11.4. The Labute approximate surface area is 108 Å². The van der Waals surface area contributed by atoms with Crippen molar-refractivity contribution in [1.82, 2.24) is 0 Å². The van der Waals surface area contributed by atoms with Gasteiger partial charge in [0.2, 0.25) is 5.91 Å². The van der Waals surface area contributed by atoms with Crippen LogP contribution >= 0.6 is 0 Å². The number of amides is 1. The summed E-state index contributed by atoms with van der Waals surface area (Å²) in [6.45, 7) is 0. The smallest absolute Gasteiger partial charge is 0.335 e. The lowest BCUT2D eigenvalue weighted by atomic mass is 10.2. The molecule has 0 atom stereocenters. The molecule has 100 valence electrons. The zero-order chi connectivity index (χ0) is 14.4. The van der Waals surface area contributed by atoms with Crippen molar-refractivity contribution in [1.29, 1.82) is 0 Å². The Balaban J connectivity index is 2.80. The first-order valence-corrected chi connectivity index (χ1v) is 5.05. The van der Waals surface area contributed by atoms with E-state index >= 15 is 0 Å². The number of ether oxygens (including phenoxy) is 1. The van der Waals surface area contributed by atoms with Gasteiger partial charge in [-0.15, -0.1) is 0 Å². The van der Waals surface area contributed by atoms with Crippen LogP contribution in [0.5, 0.6) is 5.75 Å². The van der Waals surface area contributed by atoms with Crippen molar-refractivity contribution in [2.45, 2.75) is 0 Å². The third-order valence-electron chi connectivity index (χ3n) is 2.05. The Bertz CT molecular complexity index is 549. The molecule has 1 amide bonds. The number of benzene rings is 1. The van der Waals surface area contributed by atoms with Gasteiger partial charge in [0.25, 0.3) is 0 Å². The van der Waals surface area contributed by atoms with Gasteiger partial charge in [0.05, 0.1) is 12.7 Å². The molecule has 1 aromatic carbocycles. The molecular weight excluding hydrogens is 254 g/mol. The highest BCUT2D eigenvalue weighted by Gasteiger charge is 2.06. The molecule has 1 aromatic rings. The number of esters is 1. The lowest BCUT2D eigenvalue weighted by molar-refractivity contribution is -0.268. The Morgan fingerprint density at radius 3 is 2.58 bits per heavy atom. The van der Waals surface area contributed by atoms with Gasteiger partial charge in [0.1, 0.15) is 0 Å². The molecule has 7 nitrogen and oxygen atoms in total. The van der Waals surface area contributed by atoms with Crippen molar-refractivity contribution in [3.63, 3.8) is 0 Å². The maximum atomic E-state index is 11.4. The summed E-state index contributed by atoms with van der Waals surface area (Å²) < 4.78 is 4.29. The second-order valence-corrected chi connectivity index (χ2v) is 3.36. The molecule has 0 aliphatic carbocycles. The number of carbonyl (C=O) groups excluding carboxylic acids is 2. The monoisotopic (exact) mass is 264 g/mol. The SMILES string of the molecule is COC(=O)C=CC(=O)Nc1ccc([O-])c(C(=O)O)c1. The second kappa shape index (κ2) is 6.20. The van der Waals surface area contributed by atoms with Crippen LogP contribution < -0.4 is 10.4 Å². The number of hydrogen-bond acceptors (Lipinski definition) is 5. The normalized spacial score (nSPS) is 10.2. The van der Waals surface area contributed by atoms with E-state index in [0.717, 1.165) is 31.4 Å². The van der Waals surface area contributed by atoms with Crippen LogP contribution in [0.1, 0.15) is 10.4 Å². The molecule has 19 heavy (non-hydrogen) atoms. The van der Waals surface area contributed by atoms with Gasteiger partial charge < -0.3 is 20.3 Å². The zero-order valence-corrected chi connectivity index (χ0v) is 9.88. The quantitative estimate of drug-likeness (QED) is 0.589. The molecule has 0 bridgehead atoms. The van der Waals surface area contributed by atoms with Crippen molar-refractivity contribution in [2.75, 3.05) is 12.4 Å². The third-order valence-corrected chi connectivity index (χ3v) is 2.05. The lowest BCUT2D eigenvalue weighted by Gasteiger charge is -2.11. The number of carboxylic acids is 1. The van der Waals surface area contributed by atoms with Gasteiger partial charge in [-0.3, -0.25) is 4.79 Å². The van der Waals surface area contributed by atoms with Gasteiger partial charge in [-0.25, -0.2) is 9.59 Å². The Hall–Kier alpha value is -2.83. The van der Waals surface area contributed by atoms with E-state index in [9.17, 15) is 19.5 Å². The molecular formula is C12H10NO6-. The fourth-order valence-corrected chi connectivity index (χ4v) is 1.17. The third kappa shape index (κ3) is 4.15. The summed E-state index contributed by atoms with van der Waals surface area (Å²) in [5, 5.41) is 22.2. The van der Waals surface area contributed by atoms with Gasteiger partial charge in [-0.05, 0) is 12.1 Å². The first kappa shape index (κ1) is 14.2. The number of hydrogen-bond donors (Lipinski definition) is 2. The highest BCUT2D eigenvalue weighted by molar-refractivity contribution is 6.03. The van der Waals surface area contributed by atoms with E-state index in [1.165, 1.54) is 6.07 Å². The fraction of sp³-hybridized carbons (Fsp3) is 0.0833. The number of methoxy groups -OCH3 is 1. The number of aromatic carboxylic acids is 1. The summed E-state index contributed by atoms with van der Waals surface area (Å²) in [6.07, 6.45) is 1.84. The maximum Gasteiger partial charge on any atom is 0.335 e. The van der Waals surface area contributed by atoms with Crippen LogP contribution in [0.4, 0.5) is 5.69 Å². The number of anilines is 1. The molecule has 0 heterocycles. The summed E-state index contributed by atoms with van der Waals surface area (Å²) in [6, 6.07) is 3.33. The van der Waals surface area contributed by atoms with Crippen molar-refractivity contribution in [2.24, 2.45) is 0 Å². The Morgan fingerprint density at radius 1 is 1.32 bits per heavy atom. The van der Waals surface area contributed by atoms with Crippen LogP contribution in [0.15, 0.2) is 30.4 Å². The van der Waals surface area contributed by atoms with Gasteiger partial charge in [-0.1, -0.05) is 11.8 Å². The summed E-state index contributed by atoms with van der Waals surface area (Å²) >= 11 is 0. The molecule has 0 saturated carbocycles. The summed E-state index contributed by atoms with van der Waals surface area (Å²) in [5.41, 5.74) is -0.314. The minimum absolute atomic E-state index is 0.136. The van der Waals surface area contributed by atoms with Crippen LogP contribution in [0.25, 0.3) is 0 Å². The molecule has 1 rings (SSSR count). The molecule has 7 heteroatoms. The highest BCUT2D eigenvalue weighted by Crippen LogP contribution is 2.19. The van der Waals surface area contributed by atoms with Crippen LogP contribution in [-0.4, -0.2) is 30.1 Å². The van der Waals surface area contributed by atoms with E-state index in [0.29, 0.717) is 0 Å². The van der Waals surface area contributed by atoms with Crippen LogP contribution in [0.3, 0.4) is 0 Å². The largest absolute Gasteiger partial charge is 0.872 e. The first-order valence-electron chi connectivity index (χ1n) is 5.05. The topological polar surface area (TPSA) is 116 Å². The number of carbonyl (C=O) groups is 3. The van der Waals surface area contributed by atoms with Gasteiger partial charge in [0, 0.05) is 17.8 Å². The predicted octanol–water partition coefficient (Wildman–Crippen LogP) is 0.126. The van der Waals surface area contributed by atoms with Gasteiger partial charge in [-0.2, -0.15) is 0 Å². The highest BCUT2D eigenvalue weighted by atomic mass is 16.5. The number of carboxylic acid groups (broad SMARTS) is 1. The van der Waals surface area contributed by atoms with Gasteiger partial charge in [0.15, 0.2) is 0 Å². The fourth-order valence-electron chi connectivity index (χ4n) is 1.17. The molecule has 0 aromatic heterocycles. The van der Waals surface area contributed by atoms with Crippen molar-refractivity contribution < 1.29 is 29.3 Å². The van der Waals surface area contributed by atoms with Gasteiger partial charge >= 0.3 is 11.9 Å². The first-order chi connectivity index (χ1) is 8.93. The standard InChI is InChI=1S/C12H11NO6/c1-19-11(16)5-4-10(15)13-7-2-3-9(14)8(6-7)12(17)18/h2-6,14H,1H3,(H,13,15)(H,17,18)/p-1. The minimum atomic E-state index is -1.38. The van der Waals surface area contributed by atoms with E-state index in [2.05, 4.69) is 10.1 Å². The van der Waals surface area contributed by atoms with E-state index in [4.69, 9.17) is 5.11 Å². The van der Waals surface area contributed by atoms with Crippen molar-refractivity contribution in [3.8, 4) is 5.75 Å². The molecule has 0 saturated heterocycles. The van der Waals surface area contributed by atoms with E-state index in [1.54, 1.807) is 0 Å². The molecule has 0 unspecified atom stereocenters. The number of rotatable bonds is 4. The molecule has 2 N–H and O–H groups in total. The van der Waals surface area contributed by atoms with Crippen molar-refractivity contribution in [3.05, 3.63) is 35.9 Å². The average Bonchev–Trinajstić information content (AvgIpc) is 2.37. The molecule has 0 fully saturated rings. The summed E-state index contributed by atoms with van der Waals surface area (Å²) in [7, 11) is 1.16. The molecule has 0 spiro atoms. The minimum Gasteiger partial charge on any atom is -0.872 e. The predicted molar refractivity (Wildman–Crippen MR) is 62.6 cm³/mol. The zero-order valence-electron chi connectivity index (χ0n) is 9.88. The number of nitrogens with one attached hydrogen (secondary N) is 1. The summed E-state index contributed by atoms with van der Waals surface area (Å²) in [5.74, 6) is -3.39. The molecule has 0 aliphatic heterocycles. The Morgan fingerprint density at radius 2 is 2.00 bits per heavy atom. The van der Waals surface area contributed by atoms with Crippen molar-refractivity contribution >= 4 is 23.5 Å². The van der Waals surface area contributed by atoms with E-state index < -0.39 is 29.2 Å². The van der Waals surface area contributed by atoms with E-state index in [-0.39, 0.29) is 5.69 Å². The van der Waals surface area contributed by atoms with Crippen LogP contribution in [0, 0.1) is 0 Å². The van der Waals surface area contributed by atoms with Crippen LogP contribution in [-0.2, 0) is 14.3 Å². The Kier molecular flexibility index (Phi) is 4.64. The molecule has 0 radical (unpaired) electrons. The lowest BCUT2D eigenvalue weighted by Crippen LogP contribution is -2.11. The van der Waals surface area contributed by atoms with E-state index in [1.807, 2.05) is 0 Å². The second-order valence-electron chi connectivity index (χ2n) is 3.36. The molecule has 0 aliphatic rings. The summed E-state index contributed by atoms with van der Waals surface area (Å²) in [4.78, 5) is 32.8. The average molecular weight is 264 g/mol. The van der Waals surface area contributed by atoms with Crippen LogP contribution in [0.2, 0.25) is 0 Å².